The molecule has 0 spiro atoms. The highest BCUT2D eigenvalue weighted by Gasteiger charge is 2.35. The predicted molar refractivity (Wildman–Crippen MR) is 95.5 cm³/mol. The van der Waals surface area contributed by atoms with Crippen molar-refractivity contribution in [3.05, 3.63) is 59.3 Å². The second kappa shape index (κ2) is 7.06. The lowest BCUT2D eigenvalue weighted by atomic mass is 10.0. The number of amides is 2. The van der Waals surface area contributed by atoms with Crippen molar-refractivity contribution in [1.82, 2.24) is 20.4 Å². The van der Waals surface area contributed by atoms with Gasteiger partial charge in [-0.25, -0.2) is 4.79 Å². The fourth-order valence-electron chi connectivity index (χ4n) is 2.78. The van der Waals surface area contributed by atoms with Crippen molar-refractivity contribution in [1.29, 1.82) is 0 Å². The van der Waals surface area contributed by atoms with Crippen LogP contribution in [0.5, 0.6) is 0 Å². The number of hydrogen-bond acceptors (Lipinski definition) is 5. The molecular weight excluding hydrogens is 336 g/mol. The van der Waals surface area contributed by atoms with Gasteiger partial charge in [-0.15, -0.1) is 11.3 Å². The van der Waals surface area contributed by atoms with Crippen molar-refractivity contribution >= 4 is 17.4 Å². The highest BCUT2D eigenvalue weighted by molar-refractivity contribution is 7.13. The number of hydrogen-bond donors (Lipinski definition) is 1. The molecule has 0 radical (unpaired) electrons. The number of likely N-dealkylation sites (tertiary alicyclic amines) is 1. The Kier molecular flexibility index (Phi) is 4.47. The fraction of sp³-hybridized carbons (Fsp3) is 0.278. The molecule has 0 unspecified atom stereocenters. The Morgan fingerprint density at radius 2 is 2.08 bits per heavy atom. The molecule has 0 aliphatic carbocycles. The highest BCUT2D eigenvalue weighted by Crippen LogP contribution is 2.28. The summed E-state index contributed by atoms with van der Waals surface area (Å²) in [7, 11) is 0. The molecule has 1 saturated heterocycles. The second-order valence-corrected chi connectivity index (χ2v) is 6.95. The zero-order valence-electron chi connectivity index (χ0n) is 13.6. The average molecular weight is 354 g/mol. The summed E-state index contributed by atoms with van der Waals surface area (Å²) >= 11 is 1.58. The Labute approximate surface area is 149 Å². The predicted octanol–water partition coefficient (Wildman–Crippen LogP) is 3.15. The quantitative estimate of drug-likeness (QED) is 0.764. The number of carbonyl (C=O) groups excluding carboxylic acids is 1. The Morgan fingerprint density at radius 3 is 2.84 bits per heavy atom. The molecule has 0 atom stereocenters. The first-order valence-electron chi connectivity index (χ1n) is 8.24. The number of aromatic nitrogens is 2. The van der Waals surface area contributed by atoms with Crippen molar-refractivity contribution in [2.45, 2.75) is 12.3 Å². The van der Waals surface area contributed by atoms with Crippen LogP contribution in [-0.4, -0.2) is 40.7 Å². The van der Waals surface area contributed by atoms with Crippen LogP contribution in [0.2, 0.25) is 0 Å². The smallest absolute Gasteiger partial charge is 0.317 e. The lowest BCUT2D eigenvalue weighted by molar-refractivity contribution is 0.137. The van der Waals surface area contributed by atoms with Crippen molar-refractivity contribution < 1.29 is 9.32 Å². The topological polar surface area (TPSA) is 71.3 Å². The van der Waals surface area contributed by atoms with E-state index in [1.165, 1.54) is 5.56 Å². The molecule has 1 fully saturated rings. The van der Waals surface area contributed by atoms with Crippen molar-refractivity contribution in [2.24, 2.45) is 0 Å². The molecule has 1 aliphatic rings. The van der Waals surface area contributed by atoms with Gasteiger partial charge in [0.25, 0.3) is 0 Å². The normalized spacial score (nSPS) is 14.3. The summed E-state index contributed by atoms with van der Waals surface area (Å²) < 4.78 is 5.35. The van der Waals surface area contributed by atoms with E-state index in [2.05, 4.69) is 27.6 Å². The van der Waals surface area contributed by atoms with Crippen LogP contribution < -0.4 is 5.32 Å². The van der Waals surface area contributed by atoms with Gasteiger partial charge in [-0.2, -0.15) is 4.98 Å². The molecular formula is C18H18N4O2S. The monoisotopic (exact) mass is 354 g/mol. The zero-order valence-corrected chi connectivity index (χ0v) is 14.4. The van der Waals surface area contributed by atoms with Crippen LogP contribution in [0.1, 0.15) is 17.4 Å². The third-order valence-corrected chi connectivity index (χ3v) is 5.10. The number of rotatable bonds is 5. The first kappa shape index (κ1) is 15.8. The van der Waals surface area contributed by atoms with Crippen LogP contribution in [0.25, 0.3) is 10.7 Å². The van der Waals surface area contributed by atoms with E-state index in [9.17, 15) is 4.79 Å². The number of urea groups is 1. The summed E-state index contributed by atoms with van der Waals surface area (Å²) in [5.41, 5.74) is 1.22. The molecule has 3 aromatic rings. The van der Waals surface area contributed by atoms with E-state index in [1.54, 1.807) is 16.2 Å². The van der Waals surface area contributed by atoms with Crippen molar-refractivity contribution in [3.8, 4) is 10.7 Å². The standard InChI is InChI=1S/C18H18N4O2S/c23-18(19-9-8-13-5-2-1-3-6-13)22-11-14(12-22)17-20-16(21-24-17)15-7-4-10-25-15/h1-7,10,14H,8-9,11-12H2,(H,19,23). The third-order valence-electron chi connectivity index (χ3n) is 4.23. The number of thiophene rings is 1. The summed E-state index contributed by atoms with van der Waals surface area (Å²) in [5, 5.41) is 8.96. The Bertz CT molecular complexity index is 826. The summed E-state index contributed by atoms with van der Waals surface area (Å²) in [4.78, 5) is 19.3. The van der Waals surface area contributed by atoms with Gasteiger partial charge in [-0.05, 0) is 23.4 Å². The van der Waals surface area contributed by atoms with E-state index in [4.69, 9.17) is 4.52 Å². The maximum atomic E-state index is 12.1. The van der Waals surface area contributed by atoms with Crippen LogP contribution in [0.4, 0.5) is 4.79 Å². The van der Waals surface area contributed by atoms with Crippen molar-refractivity contribution in [2.75, 3.05) is 19.6 Å². The van der Waals surface area contributed by atoms with Crippen LogP contribution in [0.3, 0.4) is 0 Å². The van der Waals surface area contributed by atoms with Gasteiger partial charge < -0.3 is 14.7 Å². The third kappa shape index (κ3) is 3.56. The molecule has 6 nitrogen and oxygen atoms in total. The molecule has 0 bridgehead atoms. The Hall–Kier alpha value is -2.67. The van der Waals surface area contributed by atoms with Gasteiger partial charge in [0.15, 0.2) is 0 Å². The number of carbonyl (C=O) groups is 1. The van der Waals surface area contributed by atoms with Gasteiger partial charge in [0.2, 0.25) is 11.7 Å². The minimum atomic E-state index is -0.0369. The Balaban J connectivity index is 1.24. The zero-order chi connectivity index (χ0) is 17.1. The van der Waals surface area contributed by atoms with Crippen LogP contribution in [-0.2, 0) is 6.42 Å². The van der Waals surface area contributed by atoms with Crippen LogP contribution in [0, 0.1) is 0 Å². The van der Waals surface area contributed by atoms with E-state index in [-0.39, 0.29) is 11.9 Å². The lowest BCUT2D eigenvalue weighted by Gasteiger charge is -2.36. The molecule has 7 heteroatoms. The van der Waals surface area contributed by atoms with Crippen LogP contribution in [0.15, 0.2) is 52.4 Å². The van der Waals surface area contributed by atoms with Gasteiger partial charge in [-0.1, -0.05) is 41.6 Å². The maximum Gasteiger partial charge on any atom is 0.317 e. The number of nitrogens with zero attached hydrogens (tertiary/aromatic N) is 3. The minimum Gasteiger partial charge on any atom is -0.339 e. The molecule has 128 valence electrons. The van der Waals surface area contributed by atoms with Crippen molar-refractivity contribution in [3.63, 3.8) is 0 Å². The van der Waals surface area contributed by atoms with Gasteiger partial charge in [0.1, 0.15) is 0 Å². The van der Waals surface area contributed by atoms with E-state index >= 15 is 0 Å². The summed E-state index contributed by atoms with van der Waals surface area (Å²) in [6.45, 7) is 1.86. The van der Waals surface area contributed by atoms with Gasteiger partial charge in [-0.3, -0.25) is 0 Å². The highest BCUT2D eigenvalue weighted by atomic mass is 32.1. The molecule has 25 heavy (non-hydrogen) atoms. The first-order valence-corrected chi connectivity index (χ1v) is 9.12. The first-order chi connectivity index (χ1) is 12.3. The average Bonchev–Trinajstić information content (AvgIpc) is 3.26. The molecule has 2 amide bonds. The van der Waals surface area contributed by atoms with Gasteiger partial charge >= 0.3 is 6.03 Å². The molecule has 0 saturated carbocycles. The fourth-order valence-corrected chi connectivity index (χ4v) is 3.43. The molecule has 2 aromatic heterocycles. The molecule has 3 heterocycles. The van der Waals surface area contributed by atoms with E-state index in [0.717, 1.165) is 11.3 Å². The van der Waals surface area contributed by atoms with Gasteiger partial charge in [0.05, 0.1) is 10.8 Å². The van der Waals surface area contributed by atoms with E-state index in [0.29, 0.717) is 31.3 Å². The summed E-state index contributed by atoms with van der Waals surface area (Å²) in [6, 6.07) is 14.0. The summed E-state index contributed by atoms with van der Waals surface area (Å²) in [5.74, 6) is 1.36. The second-order valence-electron chi connectivity index (χ2n) is 6.00. The number of nitrogens with one attached hydrogen (secondary N) is 1. The largest absolute Gasteiger partial charge is 0.339 e. The molecule has 4 rings (SSSR count). The summed E-state index contributed by atoms with van der Waals surface area (Å²) in [6.07, 6.45) is 0.831. The molecule has 1 N–H and O–H groups in total. The van der Waals surface area contributed by atoms with Gasteiger partial charge in [0, 0.05) is 19.6 Å². The SMILES string of the molecule is O=C(NCCc1ccccc1)N1CC(c2nc(-c3cccs3)no2)C1. The van der Waals surface area contributed by atoms with Crippen LogP contribution >= 0.6 is 11.3 Å². The van der Waals surface area contributed by atoms with E-state index in [1.807, 2.05) is 35.7 Å². The minimum absolute atomic E-state index is 0.0369. The lowest BCUT2D eigenvalue weighted by Crippen LogP contribution is -2.52. The molecule has 1 aromatic carbocycles. The van der Waals surface area contributed by atoms with E-state index < -0.39 is 0 Å². The Morgan fingerprint density at radius 1 is 1.24 bits per heavy atom. The number of benzene rings is 1. The maximum absolute atomic E-state index is 12.1. The molecule has 1 aliphatic heterocycles.